The molecule has 0 saturated heterocycles. The van der Waals surface area contributed by atoms with Crippen molar-refractivity contribution in [2.24, 2.45) is 0 Å². The fourth-order valence-corrected chi connectivity index (χ4v) is 2.93. The van der Waals surface area contributed by atoms with Crippen LogP contribution in [-0.4, -0.2) is 24.2 Å². The number of aryl methyl sites for hydroxylation is 3. The Morgan fingerprint density at radius 2 is 1.79 bits per heavy atom. The molecule has 0 aromatic heterocycles. The third-order valence-electron chi connectivity index (χ3n) is 3.47. The molecule has 0 saturated carbocycles. The van der Waals surface area contributed by atoms with E-state index in [4.69, 9.17) is 4.74 Å². The van der Waals surface area contributed by atoms with Crippen molar-refractivity contribution in [2.45, 2.75) is 25.7 Å². The average molecular weight is 343 g/mol. The molecule has 0 aliphatic rings. The van der Waals surface area contributed by atoms with E-state index in [0.717, 1.165) is 27.3 Å². The lowest BCUT2D eigenvalue weighted by molar-refractivity contribution is -0.144. The lowest BCUT2D eigenvalue weighted by Crippen LogP contribution is -2.22. The second kappa shape index (κ2) is 8.55. The number of thioether (sulfide) groups is 1. The van der Waals surface area contributed by atoms with Crippen LogP contribution in [0, 0.1) is 20.8 Å². The van der Waals surface area contributed by atoms with E-state index in [1.165, 1.54) is 11.8 Å². The minimum atomic E-state index is -0.403. The Balaban J connectivity index is 1.78. The molecule has 2 aromatic carbocycles. The summed E-state index contributed by atoms with van der Waals surface area (Å²) in [4.78, 5) is 24.7. The molecule has 5 heteroatoms. The first-order chi connectivity index (χ1) is 11.5. The zero-order chi connectivity index (χ0) is 17.5. The lowest BCUT2D eigenvalue weighted by atomic mass is 10.1. The van der Waals surface area contributed by atoms with Crippen molar-refractivity contribution in [1.29, 1.82) is 0 Å². The van der Waals surface area contributed by atoms with Crippen molar-refractivity contribution >= 4 is 29.3 Å². The topological polar surface area (TPSA) is 55.4 Å². The van der Waals surface area contributed by atoms with Gasteiger partial charge in [-0.25, -0.2) is 0 Å². The Kier molecular flexibility index (Phi) is 6.44. The molecule has 0 aliphatic heterocycles. The Morgan fingerprint density at radius 3 is 2.54 bits per heavy atom. The molecule has 0 spiro atoms. The van der Waals surface area contributed by atoms with Gasteiger partial charge in [0.25, 0.3) is 5.91 Å². The Morgan fingerprint density at radius 1 is 1.04 bits per heavy atom. The van der Waals surface area contributed by atoms with Gasteiger partial charge in [0.05, 0.1) is 5.75 Å². The number of carbonyl (C=O) groups excluding carboxylic acids is 2. The fraction of sp³-hybridized carbons (Fsp3) is 0.263. The summed E-state index contributed by atoms with van der Waals surface area (Å²) in [5, 5.41) is 2.77. The summed E-state index contributed by atoms with van der Waals surface area (Å²) >= 11 is 1.41. The molecule has 2 rings (SSSR count). The van der Waals surface area contributed by atoms with E-state index >= 15 is 0 Å². The van der Waals surface area contributed by atoms with Crippen LogP contribution < -0.4 is 5.32 Å². The number of anilines is 1. The van der Waals surface area contributed by atoms with Gasteiger partial charge in [-0.1, -0.05) is 30.3 Å². The predicted octanol–water partition coefficient (Wildman–Crippen LogP) is 3.89. The number of amides is 1. The number of hydrogen-bond acceptors (Lipinski definition) is 4. The number of esters is 1. The van der Waals surface area contributed by atoms with Crippen LogP contribution in [0.2, 0.25) is 0 Å². The van der Waals surface area contributed by atoms with Gasteiger partial charge >= 0.3 is 5.97 Å². The molecule has 2 aromatic rings. The monoisotopic (exact) mass is 343 g/mol. The van der Waals surface area contributed by atoms with Crippen LogP contribution in [0.1, 0.15) is 16.7 Å². The minimum Gasteiger partial charge on any atom is -0.455 e. The van der Waals surface area contributed by atoms with Crippen LogP contribution in [-0.2, 0) is 14.3 Å². The van der Waals surface area contributed by atoms with Gasteiger partial charge in [0, 0.05) is 10.6 Å². The number of hydrogen-bond donors (Lipinski definition) is 1. The van der Waals surface area contributed by atoms with Gasteiger partial charge < -0.3 is 10.1 Å². The van der Waals surface area contributed by atoms with E-state index in [1.54, 1.807) is 0 Å². The molecule has 0 fully saturated rings. The van der Waals surface area contributed by atoms with E-state index in [-0.39, 0.29) is 18.3 Å². The third kappa shape index (κ3) is 5.42. The maximum Gasteiger partial charge on any atom is 0.316 e. The zero-order valence-electron chi connectivity index (χ0n) is 14.1. The van der Waals surface area contributed by atoms with E-state index in [1.807, 2.05) is 63.2 Å². The summed E-state index contributed by atoms with van der Waals surface area (Å²) in [7, 11) is 0. The van der Waals surface area contributed by atoms with Crippen LogP contribution in [0.3, 0.4) is 0 Å². The summed E-state index contributed by atoms with van der Waals surface area (Å²) in [6.45, 7) is 5.59. The van der Waals surface area contributed by atoms with Gasteiger partial charge in [-0.2, -0.15) is 0 Å². The molecule has 1 amide bonds. The summed E-state index contributed by atoms with van der Waals surface area (Å²) in [5.41, 5.74) is 3.88. The van der Waals surface area contributed by atoms with Gasteiger partial charge in [-0.3, -0.25) is 9.59 Å². The SMILES string of the molecule is Cc1ccc(C)c(NC(=O)COC(=O)CSc2ccccc2C)c1. The maximum absolute atomic E-state index is 11.9. The first kappa shape index (κ1) is 18.1. The molecule has 126 valence electrons. The minimum absolute atomic E-state index is 0.182. The number of nitrogens with one attached hydrogen (secondary N) is 1. The van der Waals surface area contributed by atoms with E-state index in [9.17, 15) is 9.59 Å². The molecule has 0 atom stereocenters. The van der Waals surface area contributed by atoms with Crippen molar-refractivity contribution in [1.82, 2.24) is 0 Å². The molecule has 4 nitrogen and oxygen atoms in total. The number of rotatable bonds is 6. The third-order valence-corrected chi connectivity index (χ3v) is 4.62. The Hall–Kier alpha value is -2.27. The highest BCUT2D eigenvalue weighted by Crippen LogP contribution is 2.21. The first-order valence-electron chi connectivity index (χ1n) is 7.67. The van der Waals surface area contributed by atoms with Crippen molar-refractivity contribution in [3.63, 3.8) is 0 Å². The Bertz CT molecular complexity index is 743. The normalized spacial score (nSPS) is 10.3. The van der Waals surface area contributed by atoms with E-state index in [2.05, 4.69) is 5.32 Å². The van der Waals surface area contributed by atoms with Gasteiger partial charge in [0.2, 0.25) is 0 Å². The highest BCUT2D eigenvalue weighted by Gasteiger charge is 2.10. The predicted molar refractivity (Wildman–Crippen MR) is 97.4 cm³/mol. The van der Waals surface area contributed by atoms with Crippen LogP contribution in [0.25, 0.3) is 0 Å². The number of ether oxygens (including phenoxy) is 1. The second-order valence-corrected chi connectivity index (χ2v) is 6.60. The van der Waals surface area contributed by atoms with Crippen LogP contribution in [0.15, 0.2) is 47.4 Å². The van der Waals surface area contributed by atoms with Gasteiger partial charge in [-0.15, -0.1) is 11.8 Å². The first-order valence-corrected chi connectivity index (χ1v) is 8.65. The number of carbonyl (C=O) groups is 2. The Labute approximate surface area is 146 Å². The second-order valence-electron chi connectivity index (χ2n) is 5.58. The largest absolute Gasteiger partial charge is 0.455 e. The molecule has 0 heterocycles. The zero-order valence-corrected chi connectivity index (χ0v) is 14.9. The maximum atomic E-state index is 11.9. The summed E-state index contributed by atoms with van der Waals surface area (Å²) in [5.74, 6) is -0.556. The van der Waals surface area contributed by atoms with Crippen molar-refractivity contribution in [3.05, 3.63) is 59.2 Å². The van der Waals surface area contributed by atoms with Crippen molar-refractivity contribution in [2.75, 3.05) is 17.7 Å². The average Bonchev–Trinajstić information content (AvgIpc) is 2.55. The lowest BCUT2D eigenvalue weighted by Gasteiger charge is -2.10. The van der Waals surface area contributed by atoms with E-state index < -0.39 is 5.97 Å². The summed E-state index contributed by atoms with van der Waals surface area (Å²) < 4.78 is 5.04. The highest BCUT2D eigenvalue weighted by molar-refractivity contribution is 8.00. The van der Waals surface area contributed by atoms with Crippen LogP contribution in [0.4, 0.5) is 5.69 Å². The van der Waals surface area contributed by atoms with Crippen molar-refractivity contribution < 1.29 is 14.3 Å². The quantitative estimate of drug-likeness (QED) is 0.639. The molecule has 0 bridgehead atoms. The fourth-order valence-electron chi connectivity index (χ4n) is 2.10. The highest BCUT2D eigenvalue weighted by atomic mass is 32.2. The molecule has 24 heavy (non-hydrogen) atoms. The number of benzene rings is 2. The van der Waals surface area contributed by atoms with Crippen LogP contribution >= 0.6 is 11.8 Å². The van der Waals surface area contributed by atoms with Crippen LogP contribution in [0.5, 0.6) is 0 Å². The van der Waals surface area contributed by atoms with E-state index in [0.29, 0.717) is 0 Å². The molecular formula is C19H21NO3S. The standard InChI is InChI=1S/C19H21NO3S/c1-13-8-9-14(2)16(10-13)20-18(21)11-23-19(22)12-24-17-7-5-4-6-15(17)3/h4-10H,11-12H2,1-3H3,(H,20,21). The van der Waals surface area contributed by atoms with Crippen molar-refractivity contribution in [3.8, 4) is 0 Å². The van der Waals surface area contributed by atoms with Gasteiger partial charge in [-0.05, 0) is 49.6 Å². The smallest absolute Gasteiger partial charge is 0.316 e. The van der Waals surface area contributed by atoms with Gasteiger partial charge in [0.15, 0.2) is 6.61 Å². The molecular weight excluding hydrogens is 322 g/mol. The molecule has 0 aliphatic carbocycles. The van der Waals surface area contributed by atoms with Gasteiger partial charge in [0.1, 0.15) is 0 Å². The summed E-state index contributed by atoms with van der Waals surface area (Å²) in [6, 6.07) is 13.6. The molecule has 0 unspecified atom stereocenters. The molecule has 0 radical (unpaired) electrons. The molecule has 1 N–H and O–H groups in total. The summed E-state index contributed by atoms with van der Waals surface area (Å²) in [6.07, 6.45) is 0.